The zero-order valence-corrected chi connectivity index (χ0v) is 11.7. The molecule has 1 atom stereocenters. The molecule has 0 saturated carbocycles. The van der Waals surface area contributed by atoms with Gasteiger partial charge in [-0.1, -0.05) is 0 Å². The molecular weight excluding hydrogens is 282 g/mol. The summed E-state index contributed by atoms with van der Waals surface area (Å²) in [6, 6.07) is 1.09. The van der Waals surface area contributed by atoms with Crippen LogP contribution in [0.5, 0.6) is 0 Å². The van der Waals surface area contributed by atoms with Crippen molar-refractivity contribution in [3.8, 4) is 0 Å². The molecule has 0 unspecified atom stereocenters. The van der Waals surface area contributed by atoms with Gasteiger partial charge < -0.3 is 20.7 Å². The molecule has 1 fully saturated rings. The number of ether oxygens (including phenoxy) is 1. The van der Waals surface area contributed by atoms with Crippen LogP contribution in [0.2, 0.25) is 0 Å². The standard InChI is InChI=1S/C12H15N3O4S/c1-19-12(18)10-7(2-5-20-10)15-9(16)6-8-11(17)14-4-3-13-8/h2,5,8,13H,3-4,6H2,1H3,(H,14,17)(H,15,16)/t8-/m1/s1. The Morgan fingerprint density at radius 2 is 2.30 bits per heavy atom. The Hall–Kier alpha value is -1.93. The zero-order chi connectivity index (χ0) is 14.5. The first kappa shape index (κ1) is 14.5. The molecule has 7 nitrogen and oxygen atoms in total. The van der Waals surface area contributed by atoms with Gasteiger partial charge in [0.2, 0.25) is 11.8 Å². The van der Waals surface area contributed by atoms with Crippen molar-refractivity contribution in [1.29, 1.82) is 0 Å². The van der Waals surface area contributed by atoms with Crippen LogP contribution in [-0.2, 0) is 14.3 Å². The van der Waals surface area contributed by atoms with Gasteiger partial charge in [0.1, 0.15) is 4.88 Å². The van der Waals surface area contributed by atoms with Crippen LogP contribution in [-0.4, -0.2) is 44.0 Å². The first-order valence-electron chi connectivity index (χ1n) is 6.08. The smallest absolute Gasteiger partial charge is 0.350 e. The number of methoxy groups -OCH3 is 1. The molecule has 2 heterocycles. The minimum atomic E-state index is -0.538. The number of thiophene rings is 1. The average Bonchev–Trinajstić information content (AvgIpc) is 2.88. The second-order valence-electron chi connectivity index (χ2n) is 4.21. The van der Waals surface area contributed by atoms with Gasteiger partial charge in [-0.2, -0.15) is 0 Å². The molecule has 20 heavy (non-hydrogen) atoms. The third-order valence-electron chi connectivity index (χ3n) is 2.83. The Kier molecular flexibility index (Phi) is 4.70. The lowest BCUT2D eigenvalue weighted by atomic mass is 10.1. The predicted molar refractivity (Wildman–Crippen MR) is 73.7 cm³/mol. The molecule has 0 aliphatic carbocycles. The molecule has 108 valence electrons. The number of hydrogen-bond donors (Lipinski definition) is 3. The Labute approximate surface area is 119 Å². The van der Waals surface area contributed by atoms with Crippen molar-refractivity contribution < 1.29 is 19.1 Å². The van der Waals surface area contributed by atoms with E-state index in [4.69, 9.17) is 0 Å². The van der Waals surface area contributed by atoms with E-state index >= 15 is 0 Å². The molecule has 8 heteroatoms. The highest BCUT2D eigenvalue weighted by Gasteiger charge is 2.25. The van der Waals surface area contributed by atoms with Crippen LogP contribution in [0, 0.1) is 0 Å². The van der Waals surface area contributed by atoms with Gasteiger partial charge in [-0.15, -0.1) is 11.3 Å². The number of rotatable bonds is 4. The van der Waals surface area contributed by atoms with Crippen molar-refractivity contribution in [2.45, 2.75) is 12.5 Å². The van der Waals surface area contributed by atoms with Gasteiger partial charge in [0, 0.05) is 13.1 Å². The maximum Gasteiger partial charge on any atom is 0.350 e. The predicted octanol–water partition coefficient (Wildman–Crippen LogP) is -0.0487. The third-order valence-corrected chi connectivity index (χ3v) is 3.73. The lowest BCUT2D eigenvalue weighted by molar-refractivity contribution is -0.127. The highest BCUT2D eigenvalue weighted by atomic mass is 32.1. The van der Waals surface area contributed by atoms with Crippen molar-refractivity contribution in [3.63, 3.8) is 0 Å². The minimum absolute atomic E-state index is 0.0162. The fourth-order valence-corrected chi connectivity index (χ4v) is 2.62. The summed E-state index contributed by atoms with van der Waals surface area (Å²) >= 11 is 1.19. The molecule has 1 saturated heterocycles. The fourth-order valence-electron chi connectivity index (χ4n) is 1.86. The number of hydrogen-bond acceptors (Lipinski definition) is 6. The van der Waals surface area contributed by atoms with Crippen LogP contribution in [0.25, 0.3) is 0 Å². The fraction of sp³-hybridized carbons (Fsp3) is 0.417. The van der Waals surface area contributed by atoms with Gasteiger partial charge in [0.05, 0.1) is 25.3 Å². The monoisotopic (exact) mass is 297 g/mol. The van der Waals surface area contributed by atoms with Gasteiger partial charge in [-0.3, -0.25) is 9.59 Å². The summed E-state index contributed by atoms with van der Waals surface area (Å²) in [6.07, 6.45) is 0.0162. The van der Waals surface area contributed by atoms with E-state index in [-0.39, 0.29) is 18.2 Å². The average molecular weight is 297 g/mol. The van der Waals surface area contributed by atoms with Gasteiger partial charge in [0.25, 0.3) is 0 Å². The van der Waals surface area contributed by atoms with Crippen molar-refractivity contribution in [1.82, 2.24) is 10.6 Å². The molecule has 1 aliphatic rings. The molecular formula is C12H15N3O4S. The van der Waals surface area contributed by atoms with E-state index in [1.807, 2.05) is 0 Å². The van der Waals surface area contributed by atoms with Gasteiger partial charge >= 0.3 is 5.97 Å². The highest BCUT2D eigenvalue weighted by Crippen LogP contribution is 2.23. The summed E-state index contributed by atoms with van der Waals surface area (Å²) in [4.78, 5) is 35.3. The summed E-state index contributed by atoms with van der Waals surface area (Å²) in [5.74, 6) is -1.02. The Morgan fingerprint density at radius 3 is 3.00 bits per heavy atom. The van der Waals surface area contributed by atoms with E-state index in [1.54, 1.807) is 11.4 Å². The molecule has 0 radical (unpaired) electrons. The molecule has 1 aromatic heterocycles. The Balaban J connectivity index is 1.96. The van der Waals surface area contributed by atoms with Crippen molar-refractivity contribution >= 4 is 34.8 Å². The normalized spacial score (nSPS) is 18.2. The third kappa shape index (κ3) is 3.34. The van der Waals surface area contributed by atoms with Crippen LogP contribution in [0.15, 0.2) is 11.4 Å². The lowest BCUT2D eigenvalue weighted by Crippen LogP contribution is -2.53. The quantitative estimate of drug-likeness (QED) is 0.677. The van der Waals surface area contributed by atoms with E-state index < -0.39 is 12.0 Å². The first-order chi connectivity index (χ1) is 9.61. The second kappa shape index (κ2) is 6.49. The van der Waals surface area contributed by atoms with Crippen molar-refractivity contribution in [3.05, 3.63) is 16.3 Å². The number of anilines is 1. The van der Waals surface area contributed by atoms with Crippen LogP contribution >= 0.6 is 11.3 Å². The molecule has 1 aromatic rings. The summed E-state index contributed by atoms with van der Waals surface area (Å²) in [6.45, 7) is 1.20. The van der Waals surface area contributed by atoms with E-state index in [2.05, 4.69) is 20.7 Å². The SMILES string of the molecule is COC(=O)c1sccc1NC(=O)C[C@H]1NCCNC1=O. The second-order valence-corrected chi connectivity index (χ2v) is 5.12. The molecule has 2 rings (SSSR count). The summed E-state index contributed by atoms with van der Waals surface area (Å²) < 4.78 is 4.63. The van der Waals surface area contributed by atoms with Crippen LogP contribution in [0.4, 0.5) is 5.69 Å². The van der Waals surface area contributed by atoms with Gasteiger partial charge in [-0.05, 0) is 11.4 Å². The first-order valence-corrected chi connectivity index (χ1v) is 6.96. The number of nitrogens with one attached hydrogen (secondary N) is 3. The number of carbonyl (C=O) groups is 3. The topological polar surface area (TPSA) is 96.5 Å². The summed E-state index contributed by atoms with van der Waals surface area (Å²) in [5, 5.41) is 9.96. The molecule has 3 N–H and O–H groups in total. The van der Waals surface area contributed by atoms with E-state index in [0.717, 1.165) is 0 Å². The number of esters is 1. The van der Waals surface area contributed by atoms with Crippen molar-refractivity contribution in [2.75, 3.05) is 25.5 Å². The largest absolute Gasteiger partial charge is 0.465 e. The number of piperazine rings is 1. The molecule has 1 aliphatic heterocycles. The Morgan fingerprint density at radius 1 is 1.50 bits per heavy atom. The van der Waals surface area contributed by atoms with Crippen LogP contribution < -0.4 is 16.0 Å². The zero-order valence-electron chi connectivity index (χ0n) is 10.9. The van der Waals surface area contributed by atoms with Crippen LogP contribution in [0.3, 0.4) is 0 Å². The molecule has 0 aromatic carbocycles. The van der Waals surface area contributed by atoms with E-state index in [9.17, 15) is 14.4 Å². The lowest BCUT2D eigenvalue weighted by Gasteiger charge is -2.22. The molecule has 0 bridgehead atoms. The van der Waals surface area contributed by atoms with Crippen molar-refractivity contribution in [2.24, 2.45) is 0 Å². The molecule has 0 spiro atoms. The Bertz CT molecular complexity index is 529. The summed E-state index contributed by atoms with van der Waals surface area (Å²) in [5.41, 5.74) is 0.406. The maximum atomic E-state index is 11.9. The van der Waals surface area contributed by atoms with E-state index in [1.165, 1.54) is 18.4 Å². The minimum Gasteiger partial charge on any atom is -0.465 e. The van der Waals surface area contributed by atoms with Crippen LogP contribution in [0.1, 0.15) is 16.1 Å². The van der Waals surface area contributed by atoms with Gasteiger partial charge in [-0.25, -0.2) is 4.79 Å². The van der Waals surface area contributed by atoms with Gasteiger partial charge in [0.15, 0.2) is 0 Å². The number of amides is 2. The highest BCUT2D eigenvalue weighted by molar-refractivity contribution is 7.12. The maximum absolute atomic E-state index is 11.9. The summed E-state index contributed by atoms with van der Waals surface area (Å²) in [7, 11) is 1.28. The van der Waals surface area contributed by atoms with E-state index in [0.29, 0.717) is 23.7 Å². The number of carbonyl (C=O) groups excluding carboxylic acids is 3. The molecule has 2 amide bonds.